The van der Waals surface area contributed by atoms with E-state index in [2.05, 4.69) is 5.32 Å². The first kappa shape index (κ1) is 20.8. The summed E-state index contributed by atoms with van der Waals surface area (Å²) in [6.45, 7) is 3.07. The summed E-state index contributed by atoms with van der Waals surface area (Å²) >= 11 is 0. The van der Waals surface area contributed by atoms with E-state index in [4.69, 9.17) is 0 Å². The van der Waals surface area contributed by atoms with E-state index in [1.807, 2.05) is 0 Å². The monoisotopic (exact) mass is 400 g/mol. The molecule has 9 heteroatoms. The Hall–Kier alpha value is -2.55. The van der Waals surface area contributed by atoms with E-state index in [0.717, 1.165) is 28.3 Å². The van der Waals surface area contributed by atoms with Crippen molar-refractivity contribution in [3.8, 4) is 0 Å². The largest absolute Gasteiger partial charge is 0.418 e. The van der Waals surface area contributed by atoms with Gasteiger partial charge in [-0.1, -0.05) is 24.3 Å². The third-order valence-corrected chi connectivity index (χ3v) is 5.08. The van der Waals surface area contributed by atoms with Crippen molar-refractivity contribution in [3.05, 3.63) is 59.7 Å². The summed E-state index contributed by atoms with van der Waals surface area (Å²) in [7, 11) is -3.86. The molecular formula is C18H19F3N2O3S. The average molecular weight is 400 g/mol. The van der Waals surface area contributed by atoms with Gasteiger partial charge in [-0.05, 0) is 43.7 Å². The van der Waals surface area contributed by atoms with Gasteiger partial charge in [0, 0.05) is 0 Å². The van der Waals surface area contributed by atoms with Gasteiger partial charge in [-0.3, -0.25) is 9.10 Å². The molecule has 0 spiro atoms. The molecule has 0 radical (unpaired) electrons. The van der Waals surface area contributed by atoms with Crippen LogP contribution in [-0.4, -0.2) is 26.6 Å². The molecule has 0 fully saturated rings. The van der Waals surface area contributed by atoms with Gasteiger partial charge in [-0.2, -0.15) is 13.2 Å². The maximum absolute atomic E-state index is 13.1. The lowest BCUT2D eigenvalue weighted by molar-refractivity contribution is -0.137. The highest BCUT2D eigenvalue weighted by Crippen LogP contribution is 2.34. The number of hydrogen-bond donors (Lipinski definition) is 1. The molecule has 146 valence electrons. The van der Waals surface area contributed by atoms with E-state index in [1.54, 1.807) is 25.1 Å². The van der Waals surface area contributed by atoms with Gasteiger partial charge in [0.2, 0.25) is 15.9 Å². The van der Waals surface area contributed by atoms with E-state index < -0.39 is 39.4 Å². The van der Waals surface area contributed by atoms with Gasteiger partial charge >= 0.3 is 6.18 Å². The van der Waals surface area contributed by atoms with Gasteiger partial charge in [-0.25, -0.2) is 8.42 Å². The minimum atomic E-state index is -4.65. The summed E-state index contributed by atoms with van der Waals surface area (Å²) in [4.78, 5) is 12.6. The lowest BCUT2D eigenvalue weighted by atomic mass is 10.1. The van der Waals surface area contributed by atoms with Crippen molar-refractivity contribution in [2.24, 2.45) is 0 Å². The Kier molecular flexibility index (Phi) is 5.84. The quantitative estimate of drug-likeness (QED) is 0.830. The highest BCUT2D eigenvalue weighted by atomic mass is 32.2. The number of rotatable bonds is 5. The van der Waals surface area contributed by atoms with Gasteiger partial charge in [0.05, 0.1) is 23.2 Å². The lowest BCUT2D eigenvalue weighted by Gasteiger charge is -2.28. The molecule has 0 saturated carbocycles. The van der Waals surface area contributed by atoms with E-state index in [1.165, 1.54) is 25.1 Å². The molecule has 0 aliphatic carbocycles. The number of benzene rings is 2. The van der Waals surface area contributed by atoms with Crippen molar-refractivity contribution in [3.63, 3.8) is 0 Å². The normalized spacial score (nSPS) is 13.1. The maximum Gasteiger partial charge on any atom is 0.418 e. The Bertz CT molecular complexity index is 943. The summed E-state index contributed by atoms with van der Waals surface area (Å²) in [5.74, 6) is -0.876. The molecule has 0 aliphatic rings. The molecule has 5 nitrogen and oxygen atoms in total. The molecule has 0 aromatic heterocycles. The second-order valence-electron chi connectivity index (χ2n) is 6.11. The molecular weight excluding hydrogens is 381 g/mol. The number of anilines is 2. The highest BCUT2D eigenvalue weighted by Gasteiger charge is 2.35. The number of alkyl halides is 3. The Morgan fingerprint density at radius 1 is 1.11 bits per heavy atom. The predicted octanol–water partition coefficient (Wildman–Crippen LogP) is 3.81. The second kappa shape index (κ2) is 7.59. The Morgan fingerprint density at radius 3 is 2.30 bits per heavy atom. The third-order valence-electron chi connectivity index (χ3n) is 3.83. The lowest BCUT2D eigenvalue weighted by Crippen LogP contribution is -2.45. The van der Waals surface area contributed by atoms with Crippen molar-refractivity contribution in [1.82, 2.24) is 0 Å². The minimum Gasteiger partial charge on any atom is -0.324 e. The number of nitrogens with zero attached hydrogens (tertiary/aromatic N) is 1. The number of amides is 1. The van der Waals surface area contributed by atoms with Crippen LogP contribution >= 0.6 is 0 Å². The zero-order valence-electron chi connectivity index (χ0n) is 14.9. The highest BCUT2D eigenvalue weighted by molar-refractivity contribution is 7.92. The number of aryl methyl sites for hydroxylation is 1. The number of nitrogens with one attached hydrogen (secondary N) is 1. The molecule has 27 heavy (non-hydrogen) atoms. The van der Waals surface area contributed by atoms with Crippen LogP contribution in [0.1, 0.15) is 18.1 Å². The van der Waals surface area contributed by atoms with Gasteiger partial charge in [0.25, 0.3) is 0 Å². The Labute approximate surface area is 155 Å². The van der Waals surface area contributed by atoms with Crippen LogP contribution in [0.15, 0.2) is 48.5 Å². The summed E-state index contributed by atoms with van der Waals surface area (Å²) in [5.41, 5.74) is -0.410. The van der Waals surface area contributed by atoms with Crippen LogP contribution in [0.25, 0.3) is 0 Å². The molecule has 0 heterocycles. The number of carbonyl (C=O) groups excluding carboxylic acids is 1. The molecule has 2 aromatic carbocycles. The maximum atomic E-state index is 13.1. The predicted molar refractivity (Wildman–Crippen MR) is 98.0 cm³/mol. The standard InChI is InChI=1S/C18H19F3N2O3S/c1-12-7-6-8-14(11-12)23(27(3,25)26)13(2)17(24)22-16-10-5-4-9-15(16)18(19,20)21/h4-11,13H,1-3H3,(H,22,24)/t13-/m0/s1. The summed E-state index contributed by atoms with van der Waals surface area (Å²) in [6, 6.07) is 9.74. The Morgan fingerprint density at radius 2 is 1.74 bits per heavy atom. The average Bonchev–Trinajstić information content (AvgIpc) is 2.53. The van der Waals surface area contributed by atoms with Crippen molar-refractivity contribution in [1.29, 1.82) is 0 Å². The van der Waals surface area contributed by atoms with Crippen molar-refractivity contribution >= 4 is 27.3 Å². The smallest absolute Gasteiger partial charge is 0.324 e. The second-order valence-corrected chi connectivity index (χ2v) is 7.97. The first-order valence-electron chi connectivity index (χ1n) is 7.94. The molecule has 2 rings (SSSR count). The number of hydrogen-bond acceptors (Lipinski definition) is 3. The molecule has 1 N–H and O–H groups in total. The van der Waals surface area contributed by atoms with Crippen LogP contribution in [-0.2, 0) is 21.0 Å². The molecule has 0 aliphatic heterocycles. The van der Waals surface area contributed by atoms with Gasteiger partial charge in [0.15, 0.2) is 0 Å². The fraction of sp³-hybridized carbons (Fsp3) is 0.278. The SMILES string of the molecule is Cc1cccc(N([C@@H](C)C(=O)Nc2ccccc2C(F)(F)F)S(C)(=O)=O)c1. The van der Waals surface area contributed by atoms with E-state index in [9.17, 15) is 26.4 Å². The fourth-order valence-corrected chi connectivity index (χ4v) is 3.82. The number of sulfonamides is 1. The van der Waals surface area contributed by atoms with E-state index in [0.29, 0.717) is 0 Å². The zero-order chi connectivity index (χ0) is 20.4. The summed E-state index contributed by atoms with van der Waals surface area (Å²) in [6.07, 6.45) is -3.72. The van der Waals surface area contributed by atoms with Crippen LogP contribution in [0.2, 0.25) is 0 Å². The summed E-state index contributed by atoms with van der Waals surface area (Å²) < 4.78 is 64.6. The topological polar surface area (TPSA) is 66.5 Å². The molecule has 1 atom stereocenters. The van der Waals surface area contributed by atoms with Gasteiger partial charge in [-0.15, -0.1) is 0 Å². The number of halogens is 3. The van der Waals surface area contributed by atoms with Crippen LogP contribution in [0.4, 0.5) is 24.5 Å². The van der Waals surface area contributed by atoms with Crippen LogP contribution in [0, 0.1) is 6.92 Å². The van der Waals surface area contributed by atoms with Gasteiger partial charge < -0.3 is 5.32 Å². The molecule has 1 amide bonds. The fourth-order valence-electron chi connectivity index (χ4n) is 2.65. The van der Waals surface area contributed by atoms with Crippen LogP contribution in [0.3, 0.4) is 0 Å². The van der Waals surface area contributed by atoms with Crippen molar-refractivity contribution < 1.29 is 26.4 Å². The molecule has 0 unspecified atom stereocenters. The zero-order valence-corrected chi connectivity index (χ0v) is 15.7. The minimum absolute atomic E-state index is 0.254. The molecule has 0 bridgehead atoms. The number of carbonyl (C=O) groups is 1. The first-order valence-corrected chi connectivity index (χ1v) is 9.79. The first-order chi connectivity index (χ1) is 12.4. The Balaban J connectivity index is 2.38. The van der Waals surface area contributed by atoms with Crippen LogP contribution in [0.5, 0.6) is 0 Å². The van der Waals surface area contributed by atoms with Crippen molar-refractivity contribution in [2.75, 3.05) is 15.9 Å². The van der Waals surface area contributed by atoms with E-state index in [-0.39, 0.29) is 5.69 Å². The number of para-hydroxylation sites is 1. The van der Waals surface area contributed by atoms with E-state index >= 15 is 0 Å². The molecule has 2 aromatic rings. The third kappa shape index (κ3) is 5.00. The van der Waals surface area contributed by atoms with Gasteiger partial charge in [0.1, 0.15) is 6.04 Å². The molecule has 0 saturated heterocycles. The van der Waals surface area contributed by atoms with Crippen LogP contribution < -0.4 is 9.62 Å². The summed E-state index contributed by atoms with van der Waals surface area (Å²) in [5, 5.41) is 2.19. The van der Waals surface area contributed by atoms with Crippen molar-refractivity contribution in [2.45, 2.75) is 26.1 Å².